The van der Waals surface area contributed by atoms with Crippen molar-refractivity contribution in [3.63, 3.8) is 0 Å². The summed E-state index contributed by atoms with van der Waals surface area (Å²) in [5, 5.41) is 0. The molecule has 5 fully saturated rings. The van der Waals surface area contributed by atoms with Gasteiger partial charge in [0.05, 0.1) is 11.2 Å². The molecule has 0 aromatic heterocycles. The van der Waals surface area contributed by atoms with Gasteiger partial charge < -0.3 is 9.80 Å². The third-order valence-electron chi connectivity index (χ3n) is 11.1. The molecule has 0 spiro atoms. The molecule has 202 valence electrons. The summed E-state index contributed by atoms with van der Waals surface area (Å²) in [6, 6.07) is 6.87. The fourth-order valence-electron chi connectivity index (χ4n) is 8.83. The largest absolute Gasteiger partial charge is 0.333 e. The van der Waals surface area contributed by atoms with Gasteiger partial charge in [0.1, 0.15) is 5.78 Å². The molecule has 3 aliphatic carbocycles. The molecule has 4 atom stereocenters. The summed E-state index contributed by atoms with van der Waals surface area (Å²) in [7, 11) is -4.08. The molecule has 4 heterocycles. The van der Waals surface area contributed by atoms with E-state index in [1.54, 1.807) is 0 Å². The average Bonchev–Trinajstić information content (AvgIpc) is 3.20. The number of carbonyl (C=O) groups excluding carboxylic acids is 2. The molecule has 1 amide bonds. The molecule has 1 aromatic carbocycles. The van der Waals surface area contributed by atoms with Crippen molar-refractivity contribution < 1.29 is 22.6 Å². The minimum absolute atomic E-state index is 0.0152. The monoisotopic (exact) mass is 528 g/mol. The Kier molecular flexibility index (Phi) is 6.12. The number of aryl methyl sites for hydroxylation is 1. The molecular weight excluding hydrogens is 488 g/mol. The normalized spacial score (nSPS) is 37.3. The number of Topliss-reactive ketones (excluding diaryl/α,β-unsaturated/α-hetero) is 1. The van der Waals surface area contributed by atoms with Crippen molar-refractivity contribution >= 4 is 21.8 Å². The van der Waals surface area contributed by atoms with Gasteiger partial charge in [-0.15, -0.1) is 0 Å². The van der Waals surface area contributed by atoms with Gasteiger partial charge in [-0.05, 0) is 92.5 Å². The molecule has 7 nitrogen and oxygen atoms in total. The molecule has 1 aromatic rings. The minimum atomic E-state index is -4.08. The highest BCUT2D eigenvalue weighted by Crippen LogP contribution is 2.64. The highest BCUT2D eigenvalue weighted by Gasteiger charge is 2.65. The number of hydrogen-bond donors (Lipinski definition) is 1. The van der Waals surface area contributed by atoms with Crippen molar-refractivity contribution in [2.24, 2.45) is 22.7 Å². The Bertz CT molecular complexity index is 1220. The molecule has 3 saturated heterocycles. The van der Waals surface area contributed by atoms with E-state index in [1.807, 2.05) is 13.8 Å². The van der Waals surface area contributed by atoms with Crippen molar-refractivity contribution in [1.82, 2.24) is 9.80 Å². The summed E-state index contributed by atoms with van der Waals surface area (Å²) < 4.78 is 31.0. The van der Waals surface area contributed by atoms with Crippen LogP contribution in [0.2, 0.25) is 0 Å². The highest BCUT2D eigenvalue weighted by atomic mass is 32.2. The van der Waals surface area contributed by atoms with Crippen LogP contribution in [0.1, 0.15) is 86.2 Å². The molecule has 2 saturated carbocycles. The van der Waals surface area contributed by atoms with E-state index < -0.39 is 21.3 Å². The highest BCUT2D eigenvalue weighted by molar-refractivity contribution is 7.85. The number of fused-ring (bicyclic) bond motifs is 5. The minimum Gasteiger partial charge on any atom is -0.333 e. The first-order chi connectivity index (χ1) is 17.5. The van der Waals surface area contributed by atoms with E-state index in [0.717, 1.165) is 37.4 Å². The summed E-state index contributed by atoms with van der Waals surface area (Å²) in [4.78, 5) is 29.8. The van der Waals surface area contributed by atoms with Crippen LogP contribution in [0.25, 0.3) is 0 Å². The van der Waals surface area contributed by atoms with Crippen LogP contribution in [0.15, 0.2) is 18.2 Å². The predicted octanol–water partition coefficient (Wildman–Crippen LogP) is 3.93. The van der Waals surface area contributed by atoms with Gasteiger partial charge >= 0.3 is 0 Å². The van der Waals surface area contributed by atoms with Crippen LogP contribution in [-0.2, 0) is 21.3 Å². The van der Waals surface area contributed by atoms with Crippen molar-refractivity contribution in [3.8, 4) is 0 Å². The van der Waals surface area contributed by atoms with Crippen LogP contribution in [0.5, 0.6) is 0 Å². The number of nitrogens with zero attached hydrogens (tertiary/aromatic N) is 2. The summed E-state index contributed by atoms with van der Waals surface area (Å²) in [5.41, 5.74) is 2.74. The van der Waals surface area contributed by atoms with Gasteiger partial charge in [0.15, 0.2) is 0 Å². The maximum absolute atomic E-state index is 13.1. The van der Waals surface area contributed by atoms with Gasteiger partial charge in [-0.3, -0.25) is 14.1 Å². The first-order valence-electron chi connectivity index (χ1n) is 14.1. The Morgan fingerprint density at radius 1 is 1.05 bits per heavy atom. The number of hydrogen-bond acceptors (Lipinski definition) is 5. The number of amides is 1. The SMILES string of the molecule is CC1(C)C2CCC1(CS(=O)(=O)O)C(=O)C2.O=C1c2cccc3c2[C@H](CCC3)CN1[C@@H]1CN2CCC1CC2. The van der Waals surface area contributed by atoms with Crippen molar-refractivity contribution in [3.05, 3.63) is 34.9 Å². The van der Waals surface area contributed by atoms with E-state index >= 15 is 0 Å². The molecule has 4 aliphatic heterocycles. The van der Waals surface area contributed by atoms with Crippen molar-refractivity contribution in [2.45, 2.75) is 77.2 Å². The van der Waals surface area contributed by atoms with Gasteiger partial charge in [-0.1, -0.05) is 26.0 Å². The number of carbonyl (C=O) groups is 2. The summed E-state index contributed by atoms with van der Waals surface area (Å²) >= 11 is 0. The zero-order chi connectivity index (χ0) is 26.2. The Hall–Kier alpha value is -1.77. The molecule has 8 heteroatoms. The molecule has 0 radical (unpaired) electrons. The van der Waals surface area contributed by atoms with Gasteiger partial charge in [0, 0.05) is 37.0 Å². The van der Waals surface area contributed by atoms with Crippen LogP contribution in [0, 0.1) is 22.7 Å². The molecule has 37 heavy (non-hydrogen) atoms. The Balaban J connectivity index is 0.000000148. The lowest BCUT2D eigenvalue weighted by Crippen LogP contribution is -2.60. The van der Waals surface area contributed by atoms with E-state index in [2.05, 4.69) is 28.0 Å². The van der Waals surface area contributed by atoms with Gasteiger partial charge in [-0.2, -0.15) is 8.42 Å². The second-order valence-electron chi connectivity index (χ2n) is 13.0. The Morgan fingerprint density at radius 2 is 1.81 bits per heavy atom. The van der Waals surface area contributed by atoms with E-state index in [4.69, 9.17) is 4.55 Å². The number of benzene rings is 1. The molecule has 8 rings (SSSR count). The maximum atomic E-state index is 13.1. The molecule has 4 bridgehead atoms. The topological polar surface area (TPSA) is 95.0 Å². The Morgan fingerprint density at radius 3 is 2.41 bits per heavy atom. The third-order valence-corrected chi connectivity index (χ3v) is 12.0. The molecule has 7 aliphatic rings. The van der Waals surface area contributed by atoms with Crippen molar-refractivity contribution in [1.29, 1.82) is 0 Å². The fourth-order valence-corrected chi connectivity index (χ4v) is 10.1. The van der Waals surface area contributed by atoms with Gasteiger partial charge in [0.2, 0.25) is 0 Å². The van der Waals surface area contributed by atoms with E-state index in [-0.39, 0.29) is 17.1 Å². The Labute approximate surface area is 220 Å². The smallest absolute Gasteiger partial charge is 0.265 e. The zero-order valence-corrected chi connectivity index (χ0v) is 22.9. The van der Waals surface area contributed by atoms with E-state index in [0.29, 0.717) is 30.7 Å². The van der Waals surface area contributed by atoms with Crippen molar-refractivity contribution in [2.75, 3.05) is 31.9 Å². The second kappa shape index (κ2) is 8.88. The first-order valence-corrected chi connectivity index (χ1v) is 15.7. The first kappa shape index (κ1) is 25.5. The lowest BCUT2D eigenvalue weighted by atomic mass is 9.70. The average molecular weight is 529 g/mol. The standard InChI is InChI=1S/C19H24N2O.C10H16O4S/c22-19-16-6-2-4-14-3-1-5-15(18(14)16)11-21(19)17-12-20-9-7-13(17)8-10-20;1-9(2)7-3-4-10(9,8(11)5-7)6-15(12,13)14/h2,4,6,13,15,17H,1,3,5,7-12H2;7H,3-6H2,1-2H3,(H,12,13,14)/t15-,17-;/m1./s1. The second-order valence-corrected chi connectivity index (χ2v) is 14.5. The number of rotatable bonds is 3. The molecular formula is C29H40N2O5S. The van der Waals surface area contributed by atoms with E-state index in [9.17, 15) is 18.0 Å². The number of ketones is 1. The fraction of sp³-hybridized carbons (Fsp3) is 0.724. The van der Waals surface area contributed by atoms with Gasteiger partial charge in [-0.25, -0.2) is 0 Å². The van der Waals surface area contributed by atoms with Crippen LogP contribution in [0.3, 0.4) is 0 Å². The van der Waals surface area contributed by atoms with Crippen LogP contribution in [0.4, 0.5) is 0 Å². The molecule has 1 N–H and O–H groups in total. The van der Waals surface area contributed by atoms with Crippen LogP contribution < -0.4 is 0 Å². The number of piperidine rings is 3. The quantitative estimate of drug-likeness (QED) is 0.598. The zero-order valence-electron chi connectivity index (χ0n) is 22.1. The lowest BCUT2D eigenvalue weighted by Gasteiger charge is -2.51. The summed E-state index contributed by atoms with van der Waals surface area (Å²) in [5.74, 6) is 1.54. The van der Waals surface area contributed by atoms with E-state index in [1.165, 1.54) is 49.9 Å². The van der Waals surface area contributed by atoms with Crippen LogP contribution >= 0.6 is 0 Å². The van der Waals surface area contributed by atoms with Gasteiger partial charge in [0.25, 0.3) is 16.0 Å². The predicted molar refractivity (Wildman–Crippen MR) is 141 cm³/mol. The summed E-state index contributed by atoms with van der Waals surface area (Å²) in [6.07, 6.45) is 8.24. The molecule has 2 unspecified atom stereocenters. The summed E-state index contributed by atoms with van der Waals surface area (Å²) in [6.45, 7) is 8.46. The third kappa shape index (κ3) is 4.09. The lowest BCUT2D eigenvalue weighted by molar-refractivity contribution is -0.128. The maximum Gasteiger partial charge on any atom is 0.265 e. The van der Waals surface area contributed by atoms with Crippen LogP contribution in [-0.4, -0.2) is 72.4 Å².